The molecule has 96 valence electrons. The molecule has 0 aliphatic rings. The van der Waals surface area contributed by atoms with Crippen LogP contribution in [0.3, 0.4) is 0 Å². The van der Waals surface area contributed by atoms with Crippen LogP contribution in [0.5, 0.6) is 0 Å². The zero-order valence-corrected chi connectivity index (χ0v) is 11.0. The van der Waals surface area contributed by atoms with E-state index in [0.29, 0.717) is 19.3 Å². The maximum Gasteiger partial charge on any atom is 0.150 e. The molecule has 0 fully saturated rings. The van der Waals surface area contributed by atoms with E-state index in [4.69, 9.17) is 0 Å². The Morgan fingerprint density at radius 1 is 1.24 bits per heavy atom. The van der Waals surface area contributed by atoms with Crippen LogP contribution in [0.2, 0.25) is 0 Å². The first-order chi connectivity index (χ1) is 8.03. The van der Waals surface area contributed by atoms with Crippen LogP contribution in [-0.2, 0) is 16.3 Å². The van der Waals surface area contributed by atoms with Crippen LogP contribution in [0.4, 0.5) is 0 Å². The molecule has 0 spiro atoms. The van der Waals surface area contributed by atoms with Gasteiger partial charge in [0, 0.05) is 5.75 Å². The van der Waals surface area contributed by atoms with Crippen LogP contribution in [0, 0.1) is 0 Å². The second kappa shape index (κ2) is 6.77. The van der Waals surface area contributed by atoms with Crippen LogP contribution in [-0.4, -0.2) is 31.1 Å². The number of aliphatic hydroxyl groups excluding tert-OH is 1. The smallest absolute Gasteiger partial charge is 0.150 e. The summed E-state index contributed by atoms with van der Waals surface area (Å²) < 4.78 is 22.5. The van der Waals surface area contributed by atoms with Gasteiger partial charge in [0.1, 0.15) is 9.84 Å². The van der Waals surface area contributed by atoms with E-state index in [1.165, 1.54) is 0 Å². The summed E-state index contributed by atoms with van der Waals surface area (Å²) in [6.45, 7) is 1.65. The SMILES string of the molecule is CCS(=O)(=O)CCCC(O)Cc1ccccc1. The summed E-state index contributed by atoms with van der Waals surface area (Å²) in [5.74, 6) is 0.358. The molecule has 0 aromatic heterocycles. The largest absolute Gasteiger partial charge is 0.393 e. The first-order valence-corrected chi connectivity index (χ1v) is 7.78. The van der Waals surface area contributed by atoms with Gasteiger partial charge in [0.15, 0.2) is 0 Å². The Balaban J connectivity index is 2.29. The van der Waals surface area contributed by atoms with Gasteiger partial charge in [-0.1, -0.05) is 37.3 Å². The molecule has 0 heterocycles. The van der Waals surface area contributed by atoms with Gasteiger partial charge in [0.2, 0.25) is 0 Å². The lowest BCUT2D eigenvalue weighted by Gasteiger charge is -2.10. The Bertz CT molecular complexity index is 412. The van der Waals surface area contributed by atoms with Crippen LogP contribution >= 0.6 is 0 Å². The number of benzene rings is 1. The van der Waals surface area contributed by atoms with E-state index in [9.17, 15) is 13.5 Å². The highest BCUT2D eigenvalue weighted by atomic mass is 32.2. The van der Waals surface area contributed by atoms with Gasteiger partial charge in [-0.3, -0.25) is 0 Å². The highest BCUT2D eigenvalue weighted by Gasteiger charge is 2.10. The van der Waals surface area contributed by atoms with Gasteiger partial charge in [-0.05, 0) is 24.8 Å². The van der Waals surface area contributed by atoms with E-state index in [0.717, 1.165) is 5.56 Å². The molecule has 0 aliphatic heterocycles. The van der Waals surface area contributed by atoms with Crippen molar-refractivity contribution in [2.45, 2.75) is 32.3 Å². The second-order valence-corrected chi connectivity index (χ2v) is 6.69. The fourth-order valence-corrected chi connectivity index (χ4v) is 2.57. The Kier molecular flexibility index (Phi) is 5.65. The van der Waals surface area contributed by atoms with Crippen LogP contribution < -0.4 is 0 Å². The van der Waals surface area contributed by atoms with Crippen molar-refractivity contribution in [1.29, 1.82) is 0 Å². The van der Waals surface area contributed by atoms with Crippen LogP contribution in [0.25, 0.3) is 0 Å². The summed E-state index contributed by atoms with van der Waals surface area (Å²) in [4.78, 5) is 0. The minimum atomic E-state index is -2.90. The van der Waals surface area contributed by atoms with Gasteiger partial charge in [-0.25, -0.2) is 8.42 Å². The highest BCUT2D eigenvalue weighted by molar-refractivity contribution is 7.91. The van der Waals surface area contributed by atoms with Crippen molar-refractivity contribution in [3.63, 3.8) is 0 Å². The molecular formula is C13H20O3S. The van der Waals surface area contributed by atoms with E-state index < -0.39 is 15.9 Å². The Hall–Kier alpha value is -0.870. The third-order valence-electron chi connectivity index (χ3n) is 2.75. The third-order valence-corrected chi connectivity index (χ3v) is 4.54. The maximum absolute atomic E-state index is 11.3. The van der Waals surface area contributed by atoms with Crippen molar-refractivity contribution in [2.75, 3.05) is 11.5 Å². The van der Waals surface area contributed by atoms with Crippen molar-refractivity contribution in [1.82, 2.24) is 0 Å². The standard InChI is InChI=1S/C13H20O3S/c1-2-17(15,16)10-6-9-13(14)11-12-7-4-3-5-8-12/h3-5,7-8,13-14H,2,6,9-11H2,1H3. The summed E-state index contributed by atoms with van der Waals surface area (Å²) >= 11 is 0. The Morgan fingerprint density at radius 2 is 1.88 bits per heavy atom. The number of hydrogen-bond acceptors (Lipinski definition) is 3. The molecule has 0 radical (unpaired) electrons. The minimum Gasteiger partial charge on any atom is -0.393 e. The van der Waals surface area contributed by atoms with E-state index >= 15 is 0 Å². The molecule has 3 nitrogen and oxygen atoms in total. The van der Waals surface area contributed by atoms with Gasteiger partial charge in [0.05, 0.1) is 11.9 Å². The molecule has 4 heteroatoms. The van der Waals surface area contributed by atoms with Gasteiger partial charge < -0.3 is 5.11 Å². The molecule has 0 saturated carbocycles. The van der Waals surface area contributed by atoms with Gasteiger partial charge in [-0.15, -0.1) is 0 Å². The average molecular weight is 256 g/mol. The van der Waals surface area contributed by atoms with E-state index in [-0.39, 0.29) is 11.5 Å². The van der Waals surface area contributed by atoms with Gasteiger partial charge in [-0.2, -0.15) is 0 Å². The summed E-state index contributed by atoms with van der Waals surface area (Å²) in [7, 11) is -2.90. The lowest BCUT2D eigenvalue weighted by molar-refractivity contribution is 0.164. The Labute approximate surface area is 103 Å². The lowest BCUT2D eigenvalue weighted by atomic mass is 10.1. The molecule has 1 atom stereocenters. The van der Waals surface area contributed by atoms with Crippen molar-refractivity contribution >= 4 is 9.84 Å². The number of aliphatic hydroxyl groups is 1. The first kappa shape index (κ1) is 14.2. The highest BCUT2D eigenvalue weighted by Crippen LogP contribution is 2.08. The van der Waals surface area contributed by atoms with Crippen LogP contribution in [0.1, 0.15) is 25.3 Å². The molecule has 0 amide bonds. The first-order valence-electron chi connectivity index (χ1n) is 5.96. The summed E-state index contributed by atoms with van der Waals surface area (Å²) in [5.41, 5.74) is 1.08. The van der Waals surface area contributed by atoms with E-state index in [2.05, 4.69) is 0 Å². The average Bonchev–Trinajstić information content (AvgIpc) is 2.30. The minimum absolute atomic E-state index is 0.176. The zero-order chi connectivity index (χ0) is 12.7. The molecule has 1 rings (SSSR count). The normalized spacial score (nSPS) is 13.5. The number of sulfone groups is 1. The fourth-order valence-electron chi connectivity index (χ4n) is 1.67. The second-order valence-electron chi connectivity index (χ2n) is 4.22. The quantitative estimate of drug-likeness (QED) is 0.809. The maximum atomic E-state index is 11.3. The molecule has 1 unspecified atom stereocenters. The molecule has 1 aromatic carbocycles. The number of hydrogen-bond donors (Lipinski definition) is 1. The van der Waals surface area contributed by atoms with Crippen LogP contribution in [0.15, 0.2) is 30.3 Å². The predicted octanol–water partition coefficient (Wildman–Crippen LogP) is 1.80. The topological polar surface area (TPSA) is 54.4 Å². The molecular weight excluding hydrogens is 236 g/mol. The monoisotopic (exact) mass is 256 g/mol. The molecule has 0 saturated heterocycles. The third kappa shape index (κ3) is 5.84. The predicted molar refractivity (Wildman–Crippen MR) is 69.7 cm³/mol. The molecule has 0 aliphatic carbocycles. The number of rotatable bonds is 7. The molecule has 0 bridgehead atoms. The summed E-state index contributed by atoms with van der Waals surface area (Å²) in [6.07, 6.45) is 1.20. The summed E-state index contributed by atoms with van der Waals surface area (Å²) in [5, 5.41) is 9.78. The molecule has 17 heavy (non-hydrogen) atoms. The Morgan fingerprint density at radius 3 is 2.47 bits per heavy atom. The fraction of sp³-hybridized carbons (Fsp3) is 0.538. The van der Waals surface area contributed by atoms with Gasteiger partial charge in [0.25, 0.3) is 0 Å². The van der Waals surface area contributed by atoms with Crippen molar-refractivity contribution in [2.24, 2.45) is 0 Å². The van der Waals surface area contributed by atoms with Crippen molar-refractivity contribution < 1.29 is 13.5 Å². The van der Waals surface area contributed by atoms with Crippen molar-refractivity contribution in [3.8, 4) is 0 Å². The van der Waals surface area contributed by atoms with Crippen molar-refractivity contribution in [3.05, 3.63) is 35.9 Å². The van der Waals surface area contributed by atoms with E-state index in [1.54, 1.807) is 6.92 Å². The lowest BCUT2D eigenvalue weighted by Crippen LogP contribution is -2.14. The molecule has 1 N–H and O–H groups in total. The molecule has 1 aromatic rings. The van der Waals surface area contributed by atoms with E-state index in [1.807, 2.05) is 30.3 Å². The summed E-state index contributed by atoms with van der Waals surface area (Å²) in [6, 6.07) is 9.73. The zero-order valence-electron chi connectivity index (χ0n) is 10.2. The van der Waals surface area contributed by atoms with Gasteiger partial charge >= 0.3 is 0 Å².